The van der Waals surface area contributed by atoms with E-state index in [0.717, 1.165) is 18.5 Å². The monoisotopic (exact) mass is 272 g/mol. The molecule has 0 unspecified atom stereocenters. The van der Waals surface area contributed by atoms with Gasteiger partial charge in [0.2, 0.25) is 0 Å². The van der Waals surface area contributed by atoms with Crippen LogP contribution in [-0.4, -0.2) is 27.7 Å². The number of likely N-dealkylation sites (tertiary alicyclic amines) is 1. The van der Waals surface area contributed by atoms with E-state index in [2.05, 4.69) is 22.5 Å². The summed E-state index contributed by atoms with van der Waals surface area (Å²) in [6.07, 6.45) is 5.41. The van der Waals surface area contributed by atoms with Gasteiger partial charge in [-0.25, -0.2) is 0 Å². The van der Waals surface area contributed by atoms with Crippen LogP contribution >= 0.6 is 0 Å². The van der Waals surface area contributed by atoms with Crippen molar-refractivity contribution in [1.82, 2.24) is 9.47 Å². The average molecular weight is 272 g/mol. The SMILES string of the molecule is CCn1c(CN2CCCCCC2)cc2cc(O)ccc21. The van der Waals surface area contributed by atoms with Crippen LogP contribution in [0.2, 0.25) is 0 Å². The van der Waals surface area contributed by atoms with Crippen molar-refractivity contribution < 1.29 is 5.11 Å². The molecule has 2 heterocycles. The van der Waals surface area contributed by atoms with Gasteiger partial charge in [0.05, 0.1) is 0 Å². The molecule has 2 aromatic rings. The van der Waals surface area contributed by atoms with Crippen LogP contribution < -0.4 is 0 Å². The minimum atomic E-state index is 0.354. The van der Waals surface area contributed by atoms with Crippen molar-refractivity contribution in [3.63, 3.8) is 0 Å². The molecule has 1 aromatic carbocycles. The van der Waals surface area contributed by atoms with Gasteiger partial charge >= 0.3 is 0 Å². The number of hydrogen-bond acceptors (Lipinski definition) is 2. The Labute approximate surface area is 120 Å². The summed E-state index contributed by atoms with van der Waals surface area (Å²) in [7, 11) is 0. The molecule has 0 radical (unpaired) electrons. The number of fused-ring (bicyclic) bond motifs is 1. The van der Waals surface area contributed by atoms with E-state index in [0.29, 0.717) is 5.75 Å². The highest BCUT2D eigenvalue weighted by Gasteiger charge is 2.14. The molecule has 20 heavy (non-hydrogen) atoms. The fourth-order valence-electron chi connectivity index (χ4n) is 3.34. The minimum absolute atomic E-state index is 0.354. The van der Waals surface area contributed by atoms with Crippen LogP contribution in [0.25, 0.3) is 10.9 Å². The lowest BCUT2D eigenvalue weighted by molar-refractivity contribution is 0.270. The Morgan fingerprint density at radius 3 is 2.50 bits per heavy atom. The Kier molecular flexibility index (Phi) is 3.97. The third-order valence-corrected chi connectivity index (χ3v) is 4.37. The predicted octanol–water partition coefficient (Wildman–Crippen LogP) is 3.74. The fraction of sp³-hybridized carbons (Fsp3) is 0.529. The number of hydrogen-bond donors (Lipinski definition) is 1. The first-order chi connectivity index (χ1) is 9.78. The van der Waals surface area contributed by atoms with Gasteiger partial charge in [0.15, 0.2) is 0 Å². The standard InChI is InChI=1S/C17H24N2O/c1-2-19-15(13-18-9-5-3-4-6-10-18)11-14-12-16(20)7-8-17(14)19/h7-8,11-12,20H,2-6,9-10,13H2,1H3. The van der Waals surface area contributed by atoms with E-state index in [9.17, 15) is 5.11 Å². The van der Waals surface area contributed by atoms with E-state index in [4.69, 9.17) is 0 Å². The first kappa shape index (κ1) is 13.5. The number of phenolic OH excluding ortho intramolecular Hbond substituents is 1. The van der Waals surface area contributed by atoms with E-state index in [-0.39, 0.29) is 0 Å². The van der Waals surface area contributed by atoms with E-state index in [1.807, 2.05) is 12.1 Å². The summed E-state index contributed by atoms with van der Waals surface area (Å²) in [5.41, 5.74) is 2.60. The molecule has 1 saturated heterocycles. The normalized spacial score (nSPS) is 17.4. The molecule has 0 bridgehead atoms. The third kappa shape index (κ3) is 2.68. The Morgan fingerprint density at radius 2 is 1.80 bits per heavy atom. The van der Waals surface area contributed by atoms with Crippen LogP contribution in [-0.2, 0) is 13.1 Å². The maximum Gasteiger partial charge on any atom is 0.116 e. The number of phenols is 1. The van der Waals surface area contributed by atoms with Crippen molar-refractivity contribution in [1.29, 1.82) is 0 Å². The molecule has 1 aromatic heterocycles. The number of rotatable bonds is 3. The van der Waals surface area contributed by atoms with Crippen molar-refractivity contribution in [2.24, 2.45) is 0 Å². The van der Waals surface area contributed by atoms with Crippen LogP contribution in [0.1, 0.15) is 38.3 Å². The highest BCUT2D eigenvalue weighted by Crippen LogP contribution is 2.25. The lowest BCUT2D eigenvalue weighted by Crippen LogP contribution is -2.25. The maximum absolute atomic E-state index is 9.64. The lowest BCUT2D eigenvalue weighted by Gasteiger charge is -2.20. The smallest absolute Gasteiger partial charge is 0.116 e. The van der Waals surface area contributed by atoms with Gasteiger partial charge in [0, 0.05) is 29.7 Å². The van der Waals surface area contributed by atoms with Crippen LogP contribution in [0.15, 0.2) is 24.3 Å². The number of aromatic nitrogens is 1. The van der Waals surface area contributed by atoms with Crippen LogP contribution in [0.3, 0.4) is 0 Å². The molecule has 0 atom stereocenters. The van der Waals surface area contributed by atoms with E-state index in [1.165, 1.54) is 50.0 Å². The van der Waals surface area contributed by atoms with Crippen molar-refractivity contribution in [2.75, 3.05) is 13.1 Å². The quantitative estimate of drug-likeness (QED) is 0.922. The molecule has 1 aliphatic heterocycles. The lowest BCUT2D eigenvalue weighted by atomic mass is 10.2. The number of benzene rings is 1. The zero-order valence-electron chi connectivity index (χ0n) is 12.3. The summed E-state index contributed by atoms with van der Waals surface area (Å²) in [6, 6.07) is 7.92. The van der Waals surface area contributed by atoms with Crippen molar-refractivity contribution in [3.05, 3.63) is 30.0 Å². The summed E-state index contributed by atoms with van der Waals surface area (Å²) in [5.74, 6) is 0.354. The molecule has 0 amide bonds. The van der Waals surface area contributed by atoms with Crippen LogP contribution in [0, 0.1) is 0 Å². The second-order valence-corrected chi connectivity index (χ2v) is 5.81. The van der Waals surface area contributed by atoms with Gasteiger partial charge in [0.1, 0.15) is 5.75 Å². The molecular weight excluding hydrogens is 248 g/mol. The van der Waals surface area contributed by atoms with Crippen LogP contribution in [0.4, 0.5) is 0 Å². The van der Waals surface area contributed by atoms with Gasteiger partial charge in [-0.3, -0.25) is 4.90 Å². The molecule has 108 valence electrons. The second kappa shape index (κ2) is 5.88. The molecule has 1 aliphatic rings. The van der Waals surface area contributed by atoms with E-state index >= 15 is 0 Å². The molecule has 3 rings (SSSR count). The van der Waals surface area contributed by atoms with Gasteiger partial charge in [-0.15, -0.1) is 0 Å². The number of aromatic hydroxyl groups is 1. The topological polar surface area (TPSA) is 28.4 Å². The summed E-state index contributed by atoms with van der Waals surface area (Å²) in [5, 5.41) is 10.8. The van der Waals surface area contributed by atoms with Crippen molar-refractivity contribution >= 4 is 10.9 Å². The third-order valence-electron chi connectivity index (χ3n) is 4.37. The highest BCUT2D eigenvalue weighted by molar-refractivity contribution is 5.82. The van der Waals surface area contributed by atoms with E-state index < -0.39 is 0 Å². The molecule has 3 heteroatoms. The highest BCUT2D eigenvalue weighted by atomic mass is 16.3. The summed E-state index contributed by atoms with van der Waals surface area (Å²) in [6.45, 7) is 6.64. The van der Waals surface area contributed by atoms with E-state index in [1.54, 1.807) is 6.07 Å². The fourth-order valence-corrected chi connectivity index (χ4v) is 3.34. The molecule has 0 spiro atoms. The maximum atomic E-state index is 9.64. The summed E-state index contributed by atoms with van der Waals surface area (Å²) >= 11 is 0. The Balaban J connectivity index is 1.89. The molecule has 0 aliphatic carbocycles. The Bertz CT molecular complexity index is 580. The summed E-state index contributed by atoms with van der Waals surface area (Å²) < 4.78 is 2.37. The van der Waals surface area contributed by atoms with Gasteiger partial charge in [-0.2, -0.15) is 0 Å². The number of nitrogens with zero attached hydrogens (tertiary/aromatic N) is 2. The zero-order valence-corrected chi connectivity index (χ0v) is 12.3. The molecule has 1 N–H and O–H groups in total. The van der Waals surface area contributed by atoms with Gasteiger partial charge in [-0.1, -0.05) is 12.8 Å². The molecular formula is C17H24N2O. The number of aryl methyl sites for hydroxylation is 1. The van der Waals surface area contributed by atoms with Gasteiger partial charge in [0.25, 0.3) is 0 Å². The molecule has 0 saturated carbocycles. The predicted molar refractivity (Wildman–Crippen MR) is 83.0 cm³/mol. The average Bonchev–Trinajstić information content (AvgIpc) is 2.61. The van der Waals surface area contributed by atoms with Crippen LogP contribution in [0.5, 0.6) is 5.75 Å². The summed E-state index contributed by atoms with van der Waals surface area (Å²) in [4.78, 5) is 2.58. The van der Waals surface area contributed by atoms with Crippen molar-refractivity contribution in [2.45, 2.75) is 45.7 Å². The first-order valence-corrected chi connectivity index (χ1v) is 7.81. The second-order valence-electron chi connectivity index (χ2n) is 5.81. The van der Waals surface area contributed by atoms with Gasteiger partial charge in [-0.05, 0) is 57.1 Å². The minimum Gasteiger partial charge on any atom is -0.508 e. The van der Waals surface area contributed by atoms with Gasteiger partial charge < -0.3 is 9.67 Å². The Morgan fingerprint density at radius 1 is 1.05 bits per heavy atom. The molecule has 3 nitrogen and oxygen atoms in total. The molecule has 1 fully saturated rings. The Hall–Kier alpha value is -1.48. The van der Waals surface area contributed by atoms with Crippen molar-refractivity contribution in [3.8, 4) is 5.75 Å². The zero-order chi connectivity index (χ0) is 13.9. The first-order valence-electron chi connectivity index (χ1n) is 7.81. The largest absolute Gasteiger partial charge is 0.508 e.